The maximum absolute atomic E-state index is 11.1. The first kappa shape index (κ1) is 17.2. The van der Waals surface area contributed by atoms with E-state index in [4.69, 9.17) is 9.47 Å². The minimum Gasteiger partial charge on any atom is -0.449 e. The van der Waals surface area contributed by atoms with Gasteiger partial charge in [-0.15, -0.1) is 11.3 Å². The summed E-state index contributed by atoms with van der Waals surface area (Å²) in [6.45, 7) is 0.592. The number of rotatable bonds is 8. The number of aldehydes is 1. The summed E-state index contributed by atoms with van der Waals surface area (Å²) in [5.41, 5.74) is 1.47. The Kier molecular flexibility index (Phi) is 6.77. The van der Waals surface area contributed by atoms with Gasteiger partial charge in [0.15, 0.2) is 0 Å². The normalized spacial score (nSPS) is 11.7. The Morgan fingerprint density at radius 3 is 2.83 bits per heavy atom. The lowest BCUT2D eigenvalue weighted by Gasteiger charge is -2.17. The van der Waals surface area contributed by atoms with Gasteiger partial charge in [-0.05, 0) is 17.0 Å². The van der Waals surface area contributed by atoms with Crippen LogP contribution in [0.1, 0.15) is 33.3 Å². The van der Waals surface area contributed by atoms with Crippen LogP contribution in [0.4, 0.5) is 4.79 Å². The summed E-state index contributed by atoms with van der Waals surface area (Å²) in [5, 5.41) is 4.39. The maximum Gasteiger partial charge on any atom is 0.406 e. The lowest BCUT2D eigenvalue weighted by Crippen LogP contribution is -2.20. The fraction of sp³-hybridized carbons (Fsp3) is 0.294. The van der Waals surface area contributed by atoms with Gasteiger partial charge in [0.2, 0.25) is 0 Å². The van der Waals surface area contributed by atoms with Crippen LogP contribution in [0, 0.1) is 0 Å². The minimum absolute atomic E-state index is 0.181. The van der Waals surface area contributed by atoms with Gasteiger partial charge in [-0.25, -0.2) is 4.79 Å². The Labute approximate surface area is 139 Å². The molecule has 0 spiro atoms. The van der Waals surface area contributed by atoms with Crippen LogP contribution >= 0.6 is 11.3 Å². The highest BCUT2D eigenvalue weighted by Crippen LogP contribution is 2.27. The van der Waals surface area contributed by atoms with Crippen molar-refractivity contribution in [1.29, 1.82) is 0 Å². The van der Waals surface area contributed by atoms with Crippen molar-refractivity contribution in [2.24, 2.45) is 0 Å². The fourth-order valence-electron chi connectivity index (χ4n) is 2.08. The van der Waals surface area contributed by atoms with Crippen molar-refractivity contribution in [3.05, 3.63) is 57.8 Å². The fourth-order valence-corrected chi connectivity index (χ4v) is 2.89. The number of hydrogen-bond donors (Lipinski definition) is 1. The van der Waals surface area contributed by atoms with Gasteiger partial charge < -0.3 is 14.8 Å². The topological polar surface area (TPSA) is 64.6 Å². The Morgan fingerprint density at radius 1 is 1.30 bits per heavy atom. The van der Waals surface area contributed by atoms with E-state index in [9.17, 15) is 9.59 Å². The maximum atomic E-state index is 11.1. The quantitative estimate of drug-likeness (QED) is 0.750. The number of carbonyl (C=O) groups is 2. The lowest BCUT2D eigenvalue weighted by atomic mass is 10.1. The highest BCUT2D eigenvalue weighted by molar-refractivity contribution is 7.10. The Morgan fingerprint density at radius 2 is 2.13 bits per heavy atom. The van der Waals surface area contributed by atoms with Gasteiger partial charge in [0, 0.05) is 23.9 Å². The summed E-state index contributed by atoms with van der Waals surface area (Å²) in [7, 11) is 1.52. The van der Waals surface area contributed by atoms with Gasteiger partial charge >= 0.3 is 6.09 Å². The summed E-state index contributed by atoms with van der Waals surface area (Å²) >= 11 is 1.59. The van der Waals surface area contributed by atoms with E-state index >= 15 is 0 Å². The predicted molar refractivity (Wildman–Crippen MR) is 88.7 cm³/mol. The van der Waals surface area contributed by atoms with Crippen LogP contribution in [0.5, 0.6) is 0 Å². The highest BCUT2D eigenvalue weighted by atomic mass is 32.1. The van der Waals surface area contributed by atoms with E-state index in [-0.39, 0.29) is 12.7 Å². The van der Waals surface area contributed by atoms with Crippen molar-refractivity contribution in [3.63, 3.8) is 0 Å². The van der Waals surface area contributed by atoms with E-state index in [0.717, 1.165) is 16.7 Å². The lowest BCUT2D eigenvalue weighted by molar-refractivity contribution is 0.0218. The number of thiophene rings is 1. The molecule has 1 heterocycles. The molecular weight excluding hydrogens is 314 g/mol. The smallest absolute Gasteiger partial charge is 0.406 e. The average Bonchev–Trinajstić information content (AvgIpc) is 3.12. The van der Waals surface area contributed by atoms with Gasteiger partial charge in [-0.1, -0.05) is 30.3 Å². The molecule has 2 aromatic rings. The molecule has 5 nitrogen and oxygen atoms in total. The van der Waals surface area contributed by atoms with E-state index in [1.807, 2.05) is 35.7 Å². The molecule has 0 saturated heterocycles. The van der Waals surface area contributed by atoms with Crippen LogP contribution < -0.4 is 5.32 Å². The van der Waals surface area contributed by atoms with Crippen molar-refractivity contribution in [2.75, 3.05) is 13.7 Å². The van der Waals surface area contributed by atoms with Crippen LogP contribution in [0.3, 0.4) is 0 Å². The molecule has 0 aliphatic rings. The van der Waals surface area contributed by atoms with Crippen LogP contribution in [-0.2, 0) is 16.1 Å². The largest absolute Gasteiger partial charge is 0.449 e. The number of hydrogen-bond acceptors (Lipinski definition) is 5. The van der Waals surface area contributed by atoms with Crippen molar-refractivity contribution in [3.8, 4) is 0 Å². The number of nitrogens with one attached hydrogen (secondary N) is 1. The van der Waals surface area contributed by atoms with Gasteiger partial charge in [0.05, 0.1) is 19.3 Å². The Balaban J connectivity index is 1.97. The molecule has 2 rings (SSSR count). The zero-order chi connectivity index (χ0) is 16.5. The van der Waals surface area contributed by atoms with Crippen LogP contribution in [-0.4, -0.2) is 26.0 Å². The molecule has 1 amide bonds. The third-order valence-corrected chi connectivity index (χ3v) is 4.26. The summed E-state index contributed by atoms with van der Waals surface area (Å²) in [4.78, 5) is 23.3. The van der Waals surface area contributed by atoms with Gasteiger partial charge in [0.25, 0.3) is 0 Å². The first-order chi connectivity index (χ1) is 11.2. The van der Waals surface area contributed by atoms with Crippen LogP contribution in [0.25, 0.3) is 0 Å². The van der Waals surface area contributed by atoms with Gasteiger partial charge in [-0.2, -0.15) is 0 Å². The third-order valence-electron chi connectivity index (χ3n) is 3.30. The van der Waals surface area contributed by atoms with Crippen molar-refractivity contribution >= 4 is 23.7 Å². The van der Waals surface area contributed by atoms with Crippen molar-refractivity contribution in [2.45, 2.75) is 19.1 Å². The molecule has 0 bridgehead atoms. The molecule has 1 aromatic carbocycles. The number of carbonyl (C=O) groups excluding carboxylic acids is 2. The molecule has 0 aliphatic heterocycles. The molecule has 122 valence electrons. The zero-order valence-electron chi connectivity index (χ0n) is 12.9. The van der Waals surface area contributed by atoms with Crippen molar-refractivity contribution in [1.82, 2.24) is 5.32 Å². The second-order valence-electron chi connectivity index (χ2n) is 4.81. The van der Waals surface area contributed by atoms with Crippen LogP contribution in [0.2, 0.25) is 0 Å². The minimum atomic E-state index is -0.457. The molecule has 23 heavy (non-hydrogen) atoms. The van der Waals surface area contributed by atoms with E-state index in [2.05, 4.69) is 5.32 Å². The summed E-state index contributed by atoms with van der Waals surface area (Å²) in [6.07, 6.45) is 0.741. The molecule has 0 radical (unpaired) electrons. The summed E-state index contributed by atoms with van der Waals surface area (Å²) < 4.78 is 11.0. The average molecular weight is 333 g/mol. The van der Waals surface area contributed by atoms with E-state index in [0.29, 0.717) is 18.6 Å². The molecular formula is C17H19NO4S. The zero-order valence-corrected chi connectivity index (χ0v) is 13.7. The second kappa shape index (κ2) is 9.07. The number of alkyl carbamates (subject to hydrolysis) is 1. The highest BCUT2D eigenvalue weighted by Gasteiger charge is 2.15. The van der Waals surface area contributed by atoms with Gasteiger partial charge in [-0.3, -0.25) is 4.79 Å². The molecule has 1 unspecified atom stereocenters. The standard InChI is InChI=1S/C17H19NO4S/c1-18-17(20)21-9-8-15(16-7-4-10-23-16)22-12-14-6-3-2-5-13(14)11-19/h2-7,10-11,15H,8-9,12H2,1H3,(H,18,20). The van der Waals surface area contributed by atoms with E-state index in [1.165, 1.54) is 7.05 Å². The molecule has 0 aliphatic carbocycles. The summed E-state index contributed by atoms with van der Waals surface area (Å²) in [5.74, 6) is 0. The molecule has 6 heteroatoms. The van der Waals surface area contributed by atoms with E-state index in [1.54, 1.807) is 17.4 Å². The molecule has 1 atom stereocenters. The molecule has 0 fully saturated rings. The number of amides is 1. The molecule has 1 aromatic heterocycles. The monoisotopic (exact) mass is 333 g/mol. The first-order valence-corrected chi connectivity index (χ1v) is 8.15. The van der Waals surface area contributed by atoms with Crippen LogP contribution in [0.15, 0.2) is 41.8 Å². The van der Waals surface area contributed by atoms with Crippen molar-refractivity contribution < 1.29 is 19.1 Å². The summed E-state index contributed by atoms with van der Waals surface area (Å²) in [6, 6.07) is 11.3. The number of ether oxygens (including phenoxy) is 2. The predicted octanol–water partition coefficient (Wildman–Crippen LogP) is 3.56. The Hall–Kier alpha value is -2.18. The Bertz CT molecular complexity index is 627. The van der Waals surface area contributed by atoms with E-state index < -0.39 is 6.09 Å². The van der Waals surface area contributed by atoms with Gasteiger partial charge in [0.1, 0.15) is 6.29 Å². The molecule has 0 saturated carbocycles. The second-order valence-corrected chi connectivity index (χ2v) is 5.79. The SMILES string of the molecule is CNC(=O)OCCC(OCc1ccccc1C=O)c1cccs1. The number of benzene rings is 1. The first-order valence-electron chi connectivity index (χ1n) is 7.27. The third kappa shape index (κ3) is 5.19. The molecule has 1 N–H and O–H groups in total.